The van der Waals surface area contributed by atoms with E-state index in [4.69, 9.17) is 0 Å². The fourth-order valence-corrected chi connectivity index (χ4v) is 2.35. The molecule has 0 fully saturated rings. The van der Waals surface area contributed by atoms with Gasteiger partial charge in [-0.2, -0.15) is 0 Å². The van der Waals surface area contributed by atoms with Gasteiger partial charge in [-0.15, -0.1) is 0 Å². The first-order chi connectivity index (χ1) is 10.7. The molecule has 0 saturated carbocycles. The lowest BCUT2D eigenvalue weighted by Gasteiger charge is -2.08. The first-order valence-electron chi connectivity index (χ1n) is 7.26. The van der Waals surface area contributed by atoms with Crippen LogP contribution in [0.3, 0.4) is 0 Å². The summed E-state index contributed by atoms with van der Waals surface area (Å²) in [6.45, 7) is 4.62. The molecule has 0 atom stereocenters. The number of pyridine rings is 1. The van der Waals surface area contributed by atoms with Crippen molar-refractivity contribution in [3.8, 4) is 11.1 Å². The van der Waals surface area contributed by atoms with E-state index in [-0.39, 0.29) is 0 Å². The molecular weight excluding hydrogens is 272 g/mol. The molecular formula is C18H18N4. The highest BCUT2D eigenvalue weighted by Gasteiger charge is 2.00. The van der Waals surface area contributed by atoms with Crippen LogP contribution in [0, 0.1) is 13.8 Å². The zero-order valence-corrected chi connectivity index (χ0v) is 12.7. The number of hydrogen-bond donors (Lipinski definition) is 1. The summed E-state index contributed by atoms with van der Waals surface area (Å²) in [5, 5.41) is 3.34. The maximum atomic E-state index is 4.38. The van der Waals surface area contributed by atoms with Crippen molar-refractivity contribution < 1.29 is 0 Å². The first-order valence-corrected chi connectivity index (χ1v) is 7.26. The van der Waals surface area contributed by atoms with Gasteiger partial charge in [-0.1, -0.05) is 30.3 Å². The quantitative estimate of drug-likeness (QED) is 0.794. The molecule has 22 heavy (non-hydrogen) atoms. The van der Waals surface area contributed by atoms with Gasteiger partial charge in [0.15, 0.2) is 0 Å². The van der Waals surface area contributed by atoms with Crippen molar-refractivity contribution in [2.24, 2.45) is 0 Å². The van der Waals surface area contributed by atoms with Crippen LogP contribution in [0.2, 0.25) is 0 Å². The van der Waals surface area contributed by atoms with Gasteiger partial charge in [0.2, 0.25) is 0 Å². The number of rotatable bonds is 4. The predicted octanol–water partition coefficient (Wildman–Crippen LogP) is 3.77. The zero-order chi connectivity index (χ0) is 15.4. The average Bonchev–Trinajstić information content (AvgIpc) is 2.53. The highest BCUT2D eigenvalue weighted by atomic mass is 15.0. The molecule has 4 nitrogen and oxygen atoms in total. The van der Waals surface area contributed by atoms with E-state index in [0.29, 0.717) is 0 Å². The van der Waals surface area contributed by atoms with E-state index in [1.807, 2.05) is 32.2 Å². The minimum atomic E-state index is 0.739. The molecule has 1 aromatic carbocycles. The standard InChI is InChI=1S/C18H18N4/c1-13-10-18(22-14(2)21-13)20-11-15-5-7-16(8-6-15)17-4-3-9-19-12-17/h3-10,12H,11H2,1-2H3,(H,20,21,22). The number of anilines is 1. The Morgan fingerprint density at radius 2 is 1.77 bits per heavy atom. The third-order valence-electron chi connectivity index (χ3n) is 3.39. The molecule has 0 saturated heterocycles. The Hall–Kier alpha value is -2.75. The Labute approximate surface area is 130 Å². The summed E-state index contributed by atoms with van der Waals surface area (Å²) in [5.74, 6) is 1.65. The summed E-state index contributed by atoms with van der Waals surface area (Å²) in [6, 6.07) is 14.4. The van der Waals surface area contributed by atoms with E-state index in [9.17, 15) is 0 Å². The summed E-state index contributed by atoms with van der Waals surface area (Å²) in [5.41, 5.74) is 4.48. The molecule has 0 radical (unpaired) electrons. The Bertz CT molecular complexity index is 732. The molecule has 3 rings (SSSR count). The molecule has 0 spiro atoms. The SMILES string of the molecule is Cc1cc(NCc2ccc(-c3cccnc3)cc2)nc(C)n1. The smallest absolute Gasteiger partial charge is 0.130 e. The topological polar surface area (TPSA) is 50.7 Å². The Balaban J connectivity index is 1.69. The van der Waals surface area contributed by atoms with E-state index < -0.39 is 0 Å². The van der Waals surface area contributed by atoms with Crippen LogP contribution in [-0.2, 0) is 6.54 Å². The maximum Gasteiger partial charge on any atom is 0.130 e. The van der Waals surface area contributed by atoms with E-state index in [2.05, 4.69) is 50.6 Å². The van der Waals surface area contributed by atoms with Gasteiger partial charge in [-0.3, -0.25) is 4.98 Å². The van der Waals surface area contributed by atoms with Crippen LogP contribution >= 0.6 is 0 Å². The van der Waals surface area contributed by atoms with Gasteiger partial charge in [0, 0.05) is 30.7 Å². The molecule has 0 bridgehead atoms. The summed E-state index contributed by atoms with van der Waals surface area (Å²) < 4.78 is 0. The molecule has 0 aliphatic heterocycles. The number of nitrogens with zero attached hydrogens (tertiary/aromatic N) is 3. The zero-order valence-electron chi connectivity index (χ0n) is 12.7. The van der Waals surface area contributed by atoms with Crippen LogP contribution in [-0.4, -0.2) is 15.0 Å². The van der Waals surface area contributed by atoms with Gasteiger partial charge in [-0.25, -0.2) is 9.97 Å². The van der Waals surface area contributed by atoms with Crippen LogP contribution in [0.25, 0.3) is 11.1 Å². The van der Waals surface area contributed by atoms with Crippen molar-refractivity contribution >= 4 is 5.82 Å². The second kappa shape index (κ2) is 6.35. The Morgan fingerprint density at radius 1 is 0.955 bits per heavy atom. The van der Waals surface area contributed by atoms with Crippen molar-refractivity contribution in [1.29, 1.82) is 0 Å². The van der Waals surface area contributed by atoms with E-state index in [0.717, 1.165) is 29.4 Å². The second-order valence-corrected chi connectivity index (χ2v) is 5.23. The third kappa shape index (κ3) is 3.47. The summed E-state index contributed by atoms with van der Waals surface area (Å²) in [4.78, 5) is 12.8. The Morgan fingerprint density at radius 3 is 2.45 bits per heavy atom. The molecule has 1 N–H and O–H groups in total. The average molecular weight is 290 g/mol. The number of nitrogens with one attached hydrogen (secondary N) is 1. The molecule has 4 heteroatoms. The lowest BCUT2D eigenvalue weighted by atomic mass is 10.1. The summed E-state index contributed by atoms with van der Waals surface area (Å²) in [6.07, 6.45) is 3.66. The number of hydrogen-bond acceptors (Lipinski definition) is 4. The number of benzene rings is 1. The van der Waals surface area contributed by atoms with Gasteiger partial charge in [-0.05, 0) is 36.6 Å². The van der Waals surface area contributed by atoms with E-state index in [1.54, 1.807) is 6.20 Å². The predicted molar refractivity (Wildman–Crippen MR) is 88.5 cm³/mol. The molecule has 0 aliphatic carbocycles. The molecule has 3 aromatic rings. The normalized spacial score (nSPS) is 10.5. The maximum absolute atomic E-state index is 4.38. The van der Waals surface area contributed by atoms with Gasteiger partial charge in [0.25, 0.3) is 0 Å². The van der Waals surface area contributed by atoms with Crippen LogP contribution in [0.15, 0.2) is 54.9 Å². The van der Waals surface area contributed by atoms with E-state index >= 15 is 0 Å². The van der Waals surface area contributed by atoms with Crippen molar-refractivity contribution in [1.82, 2.24) is 15.0 Å². The van der Waals surface area contributed by atoms with Crippen molar-refractivity contribution in [2.75, 3.05) is 5.32 Å². The fourth-order valence-electron chi connectivity index (χ4n) is 2.35. The van der Waals surface area contributed by atoms with Crippen LogP contribution in [0.4, 0.5) is 5.82 Å². The van der Waals surface area contributed by atoms with Gasteiger partial charge >= 0.3 is 0 Å². The molecule has 0 aliphatic rings. The minimum Gasteiger partial charge on any atom is -0.366 e. The third-order valence-corrected chi connectivity index (χ3v) is 3.39. The van der Waals surface area contributed by atoms with Gasteiger partial charge in [0.05, 0.1) is 0 Å². The molecule has 2 aromatic heterocycles. The largest absolute Gasteiger partial charge is 0.366 e. The van der Waals surface area contributed by atoms with Crippen molar-refractivity contribution in [3.63, 3.8) is 0 Å². The highest BCUT2D eigenvalue weighted by molar-refractivity contribution is 5.62. The highest BCUT2D eigenvalue weighted by Crippen LogP contribution is 2.18. The van der Waals surface area contributed by atoms with Gasteiger partial charge in [0.1, 0.15) is 11.6 Å². The second-order valence-electron chi connectivity index (χ2n) is 5.23. The summed E-state index contributed by atoms with van der Waals surface area (Å²) in [7, 11) is 0. The first kappa shape index (κ1) is 14.2. The van der Waals surface area contributed by atoms with Crippen molar-refractivity contribution in [3.05, 3.63) is 71.9 Å². The molecule has 2 heterocycles. The molecule has 0 unspecified atom stereocenters. The Kier molecular flexibility index (Phi) is 4.10. The fraction of sp³-hybridized carbons (Fsp3) is 0.167. The molecule has 110 valence electrons. The number of aryl methyl sites for hydroxylation is 2. The van der Waals surface area contributed by atoms with Crippen LogP contribution in [0.5, 0.6) is 0 Å². The van der Waals surface area contributed by atoms with Crippen molar-refractivity contribution in [2.45, 2.75) is 20.4 Å². The number of aromatic nitrogens is 3. The minimum absolute atomic E-state index is 0.739. The lowest BCUT2D eigenvalue weighted by Crippen LogP contribution is -2.03. The lowest BCUT2D eigenvalue weighted by molar-refractivity contribution is 0.992. The molecule has 0 amide bonds. The summed E-state index contributed by atoms with van der Waals surface area (Å²) >= 11 is 0. The van der Waals surface area contributed by atoms with Crippen LogP contribution in [0.1, 0.15) is 17.1 Å². The van der Waals surface area contributed by atoms with Gasteiger partial charge < -0.3 is 5.32 Å². The monoisotopic (exact) mass is 290 g/mol. The van der Waals surface area contributed by atoms with E-state index in [1.165, 1.54) is 11.1 Å². The van der Waals surface area contributed by atoms with Crippen LogP contribution < -0.4 is 5.32 Å².